The SMILES string of the molecule is CC(C)(C(=O)N[C@H](CCC(N)=O)C(=O)O)C1CCCNC1. The highest BCUT2D eigenvalue weighted by Crippen LogP contribution is 2.32. The highest BCUT2D eigenvalue weighted by molar-refractivity contribution is 5.87. The Morgan fingerprint density at radius 2 is 2.10 bits per heavy atom. The van der Waals surface area contributed by atoms with Crippen LogP contribution in [0.3, 0.4) is 0 Å². The molecule has 1 heterocycles. The Balaban J connectivity index is 2.66. The summed E-state index contributed by atoms with van der Waals surface area (Å²) in [5.74, 6) is -1.86. The van der Waals surface area contributed by atoms with Gasteiger partial charge in [0.05, 0.1) is 0 Å². The predicted molar refractivity (Wildman–Crippen MR) is 77.4 cm³/mol. The number of carboxylic acid groups (broad SMARTS) is 1. The number of primary amides is 1. The standard InChI is InChI=1S/C14H25N3O4/c1-14(2,9-4-3-7-16-8-9)13(21)17-10(12(19)20)5-6-11(15)18/h9-10,16H,3-8H2,1-2H3,(H2,15,18)(H,17,21)(H,19,20)/t9?,10-/m1/s1. The number of nitrogens with one attached hydrogen (secondary N) is 2. The van der Waals surface area contributed by atoms with E-state index in [1.54, 1.807) is 0 Å². The van der Waals surface area contributed by atoms with E-state index >= 15 is 0 Å². The molecular weight excluding hydrogens is 274 g/mol. The van der Waals surface area contributed by atoms with E-state index in [0.29, 0.717) is 0 Å². The summed E-state index contributed by atoms with van der Waals surface area (Å²) in [5.41, 5.74) is 4.36. The van der Waals surface area contributed by atoms with Crippen molar-refractivity contribution in [2.45, 2.75) is 45.6 Å². The summed E-state index contributed by atoms with van der Waals surface area (Å²) in [6, 6.07) is -1.08. The van der Waals surface area contributed by atoms with E-state index in [-0.39, 0.29) is 24.7 Å². The maximum absolute atomic E-state index is 12.4. The Morgan fingerprint density at radius 3 is 2.57 bits per heavy atom. The minimum absolute atomic E-state index is 0.00933. The third-order valence-electron chi connectivity index (χ3n) is 4.19. The topological polar surface area (TPSA) is 122 Å². The zero-order chi connectivity index (χ0) is 16.0. The molecule has 1 aliphatic rings. The number of aliphatic carboxylic acids is 1. The fraction of sp³-hybridized carbons (Fsp3) is 0.786. The number of amides is 2. The van der Waals surface area contributed by atoms with Crippen molar-refractivity contribution in [1.82, 2.24) is 10.6 Å². The van der Waals surface area contributed by atoms with Crippen LogP contribution in [-0.4, -0.2) is 42.0 Å². The molecule has 7 nitrogen and oxygen atoms in total. The molecule has 5 N–H and O–H groups in total. The number of hydrogen-bond donors (Lipinski definition) is 4. The Kier molecular flexibility index (Phi) is 6.14. The molecule has 2 atom stereocenters. The van der Waals surface area contributed by atoms with Gasteiger partial charge in [-0.3, -0.25) is 9.59 Å². The number of carbonyl (C=O) groups excluding carboxylic acids is 2. The molecular formula is C14H25N3O4. The average molecular weight is 299 g/mol. The van der Waals surface area contributed by atoms with Crippen LogP contribution in [0.2, 0.25) is 0 Å². The lowest BCUT2D eigenvalue weighted by molar-refractivity contribution is -0.144. The van der Waals surface area contributed by atoms with Gasteiger partial charge in [-0.2, -0.15) is 0 Å². The molecule has 0 aliphatic carbocycles. The molecule has 0 radical (unpaired) electrons. The molecule has 120 valence electrons. The Bertz CT molecular complexity index is 403. The molecule has 2 amide bonds. The summed E-state index contributed by atoms with van der Waals surface area (Å²) in [6.45, 7) is 5.35. The fourth-order valence-corrected chi connectivity index (χ4v) is 2.54. The first-order valence-electron chi connectivity index (χ1n) is 7.28. The van der Waals surface area contributed by atoms with E-state index in [2.05, 4.69) is 10.6 Å². The maximum Gasteiger partial charge on any atom is 0.326 e. The Hall–Kier alpha value is -1.63. The summed E-state index contributed by atoms with van der Waals surface area (Å²) in [5, 5.41) is 14.9. The number of nitrogens with two attached hydrogens (primary N) is 1. The second-order valence-electron chi connectivity index (χ2n) is 6.13. The molecule has 1 fully saturated rings. The normalized spacial score (nSPS) is 20.6. The number of carbonyl (C=O) groups is 3. The summed E-state index contributed by atoms with van der Waals surface area (Å²) in [7, 11) is 0. The molecule has 1 rings (SSSR count). The van der Waals surface area contributed by atoms with E-state index in [4.69, 9.17) is 10.8 Å². The van der Waals surface area contributed by atoms with Crippen molar-refractivity contribution < 1.29 is 19.5 Å². The van der Waals surface area contributed by atoms with Gasteiger partial charge in [-0.05, 0) is 38.3 Å². The summed E-state index contributed by atoms with van der Waals surface area (Å²) >= 11 is 0. The molecule has 7 heteroatoms. The number of hydrogen-bond acceptors (Lipinski definition) is 4. The van der Waals surface area contributed by atoms with Crippen LogP contribution >= 0.6 is 0 Å². The van der Waals surface area contributed by atoms with E-state index in [9.17, 15) is 14.4 Å². The van der Waals surface area contributed by atoms with Gasteiger partial charge in [0.25, 0.3) is 0 Å². The van der Waals surface area contributed by atoms with E-state index in [0.717, 1.165) is 25.9 Å². The van der Waals surface area contributed by atoms with Gasteiger partial charge >= 0.3 is 5.97 Å². The lowest BCUT2D eigenvalue weighted by Gasteiger charge is -2.36. The molecule has 0 aromatic carbocycles. The molecule has 0 bridgehead atoms. The van der Waals surface area contributed by atoms with Gasteiger partial charge in [-0.1, -0.05) is 13.8 Å². The van der Waals surface area contributed by atoms with E-state index in [1.807, 2.05) is 13.8 Å². The van der Waals surface area contributed by atoms with Crippen LogP contribution in [0.15, 0.2) is 0 Å². The smallest absolute Gasteiger partial charge is 0.326 e. The van der Waals surface area contributed by atoms with Gasteiger partial charge < -0.3 is 21.5 Å². The minimum Gasteiger partial charge on any atom is -0.480 e. The van der Waals surface area contributed by atoms with Crippen molar-refractivity contribution in [3.05, 3.63) is 0 Å². The van der Waals surface area contributed by atoms with Gasteiger partial charge in [0.15, 0.2) is 0 Å². The second kappa shape index (κ2) is 7.40. The molecule has 0 aromatic rings. The quantitative estimate of drug-likeness (QED) is 0.521. The lowest BCUT2D eigenvalue weighted by atomic mass is 9.74. The zero-order valence-corrected chi connectivity index (χ0v) is 12.6. The van der Waals surface area contributed by atoms with E-state index in [1.165, 1.54) is 0 Å². The van der Waals surface area contributed by atoms with Crippen LogP contribution in [-0.2, 0) is 14.4 Å². The molecule has 0 aromatic heterocycles. The highest BCUT2D eigenvalue weighted by atomic mass is 16.4. The van der Waals surface area contributed by atoms with Crippen molar-refractivity contribution in [3.63, 3.8) is 0 Å². The Labute approximate surface area is 124 Å². The third kappa shape index (κ3) is 5.00. The third-order valence-corrected chi connectivity index (χ3v) is 4.19. The fourth-order valence-electron chi connectivity index (χ4n) is 2.54. The first-order chi connectivity index (χ1) is 9.75. The van der Waals surface area contributed by atoms with Crippen LogP contribution in [0, 0.1) is 11.3 Å². The number of carboxylic acids is 1. The maximum atomic E-state index is 12.4. The molecule has 0 saturated carbocycles. The van der Waals surface area contributed by atoms with Crippen molar-refractivity contribution in [2.75, 3.05) is 13.1 Å². The molecule has 1 aliphatic heterocycles. The molecule has 0 spiro atoms. The van der Waals surface area contributed by atoms with E-state index < -0.39 is 23.3 Å². The van der Waals surface area contributed by atoms with Crippen molar-refractivity contribution in [3.8, 4) is 0 Å². The van der Waals surface area contributed by atoms with Gasteiger partial charge in [-0.15, -0.1) is 0 Å². The lowest BCUT2D eigenvalue weighted by Crippen LogP contribution is -2.51. The van der Waals surface area contributed by atoms with Gasteiger partial charge in [0.1, 0.15) is 6.04 Å². The molecule has 21 heavy (non-hydrogen) atoms. The van der Waals surface area contributed by atoms with Crippen molar-refractivity contribution in [2.24, 2.45) is 17.1 Å². The van der Waals surface area contributed by atoms with Crippen LogP contribution in [0.5, 0.6) is 0 Å². The van der Waals surface area contributed by atoms with Crippen molar-refractivity contribution in [1.29, 1.82) is 0 Å². The van der Waals surface area contributed by atoms with Gasteiger partial charge in [0.2, 0.25) is 11.8 Å². The number of rotatable bonds is 7. The van der Waals surface area contributed by atoms with Crippen LogP contribution in [0.1, 0.15) is 39.5 Å². The molecule has 1 unspecified atom stereocenters. The van der Waals surface area contributed by atoms with Gasteiger partial charge in [-0.25, -0.2) is 4.79 Å². The van der Waals surface area contributed by atoms with Crippen LogP contribution in [0.25, 0.3) is 0 Å². The Morgan fingerprint density at radius 1 is 1.43 bits per heavy atom. The minimum atomic E-state index is -1.15. The van der Waals surface area contributed by atoms with Crippen LogP contribution < -0.4 is 16.4 Å². The molecule has 1 saturated heterocycles. The summed E-state index contributed by atoms with van der Waals surface area (Å²) in [4.78, 5) is 34.3. The van der Waals surface area contributed by atoms with Gasteiger partial charge in [0, 0.05) is 11.8 Å². The summed E-state index contributed by atoms with van der Waals surface area (Å²) < 4.78 is 0. The second-order valence-corrected chi connectivity index (χ2v) is 6.13. The predicted octanol–water partition coefficient (Wildman–Crippen LogP) is -0.153. The first kappa shape index (κ1) is 17.4. The summed E-state index contributed by atoms with van der Waals surface area (Å²) in [6.07, 6.45) is 1.88. The van der Waals surface area contributed by atoms with Crippen LogP contribution in [0.4, 0.5) is 0 Å². The van der Waals surface area contributed by atoms with Crippen molar-refractivity contribution >= 4 is 17.8 Å². The largest absolute Gasteiger partial charge is 0.480 e. The monoisotopic (exact) mass is 299 g/mol. The highest BCUT2D eigenvalue weighted by Gasteiger charge is 2.38. The average Bonchev–Trinajstić information content (AvgIpc) is 2.43. The first-order valence-corrected chi connectivity index (χ1v) is 7.28. The zero-order valence-electron chi connectivity index (χ0n) is 12.6. The number of piperidine rings is 1.